The van der Waals surface area contributed by atoms with Crippen molar-refractivity contribution in [1.29, 1.82) is 0 Å². The summed E-state index contributed by atoms with van der Waals surface area (Å²) in [5, 5.41) is 16.3. The molecule has 72 heavy (non-hydrogen) atoms. The molecule has 0 bridgehead atoms. The topological polar surface area (TPSA) is 160 Å². The summed E-state index contributed by atoms with van der Waals surface area (Å²) in [5.74, 6) is -0.411. The minimum atomic E-state index is -0.911. The van der Waals surface area contributed by atoms with Gasteiger partial charge in [-0.05, 0) is 101 Å². The molecule has 0 spiro atoms. The molecule has 1 aliphatic rings. The van der Waals surface area contributed by atoms with Gasteiger partial charge >= 0.3 is 6.09 Å². The van der Waals surface area contributed by atoms with Crippen LogP contribution in [0, 0.1) is 12.8 Å². The number of carbonyl (C=O) groups excluding carboxylic acids is 4. The molecule has 0 aliphatic carbocycles. The zero-order valence-electron chi connectivity index (χ0n) is 41.7. The van der Waals surface area contributed by atoms with Gasteiger partial charge in [0, 0.05) is 33.2 Å². The number of hydrogen-bond donors (Lipinski definition) is 3. The van der Waals surface area contributed by atoms with Gasteiger partial charge < -0.3 is 39.8 Å². The number of rotatable bonds is 22. The highest BCUT2D eigenvalue weighted by molar-refractivity contribution is 7.13. The zero-order valence-corrected chi connectivity index (χ0v) is 42.5. The third kappa shape index (κ3) is 14.3. The number of aliphatic hydroxyl groups excluding tert-OH is 1. The van der Waals surface area contributed by atoms with Crippen molar-refractivity contribution >= 4 is 46.3 Å². The molecule has 0 saturated carbocycles. The number of benzene rings is 5. The van der Waals surface area contributed by atoms with E-state index in [1.54, 1.807) is 30.5 Å². The Bertz CT molecular complexity index is 2750. The molecule has 13 nitrogen and oxygen atoms in total. The number of nitrogens with one attached hydrogen (secondary N) is 2. The lowest BCUT2D eigenvalue weighted by Crippen LogP contribution is -2.55. The maximum Gasteiger partial charge on any atom is 0.415 e. The van der Waals surface area contributed by atoms with Gasteiger partial charge in [-0.1, -0.05) is 130 Å². The summed E-state index contributed by atoms with van der Waals surface area (Å²) in [5.41, 5.74) is 11.6. The molecule has 2 heterocycles. The van der Waals surface area contributed by atoms with E-state index in [4.69, 9.17) is 14.2 Å². The van der Waals surface area contributed by atoms with Crippen LogP contribution < -0.4 is 20.1 Å². The monoisotopic (exact) mass is 991 g/mol. The van der Waals surface area contributed by atoms with Gasteiger partial charge in [0.1, 0.15) is 36.8 Å². The van der Waals surface area contributed by atoms with Crippen LogP contribution in [0.2, 0.25) is 0 Å². The number of nitrogens with zero attached hydrogens (tertiary/aromatic N) is 3. The molecule has 1 saturated heterocycles. The van der Waals surface area contributed by atoms with Crippen molar-refractivity contribution in [3.05, 3.63) is 172 Å². The number of amides is 4. The summed E-state index contributed by atoms with van der Waals surface area (Å²) in [6.45, 7) is 8.70. The minimum Gasteiger partial charge on any atom is -0.492 e. The van der Waals surface area contributed by atoms with Crippen molar-refractivity contribution < 1.29 is 38.5 Å². The number of aliphatic hydroxyl groups is 1. The van der Waals surface area contributed by atoms with Crippen molar-refractivity contribution in [2.45, 2.75) is 78.1 Å². The van der Waals surface area contributed by atoms with Gasteiger partial charge in [0.05, 0.1) is 28.7 Å². The fourth-order valence-corrected chi connectivity index (χ4v) is 9.52. The van der Waals surface area contributed by atoms with Crippen LogP contribution in [0.5, 0.6) is 11.5 Å². The van der Waals surface area contributed by atoms with Gasteiger partial charge in [-0.2, -0.15) is 0 Å². The normalized spacial score (nSPS) is 15.1. The largest absolute Gasteiger partial charge is 0.492 e. The van der Waals surface area contributed by atoms with E-state index in [0.29, 0.717) is 37.5 Å². The number of aromatic nitrogens is 1. The molecule has 1 fully saturated rings. The van der Waals surface area contributed by atoms with Crippen LogP contribution in [-0.2, 0) is 32.1 Å². The van der Waals surface area contributed by atoms with Crippen LogP contribution in [0.3, 0.4) is 0 Å². The number of β-amino-alcohol motifs (C(OH)–C–C–N with tert-alkyl or cyclic N) is 1. The fourth-order valence-electron chi connectivity index (χ4n) is 8.71. The molecule has 0 radical (unpaired) electrons. The Balaban J connectivity index is 0.800. The lowest BCUT2D eigenvalue weighted by Gasteiger charge is -2.30. The van der Waals surface area contributed by atoms with Gasteiger partial charge in [0.25, 0.3) is 0 Å². The third-order valence-corrected chi connectivity index (χ3v) is 13.6. The van der Waals surface area contributed by atoms with Crippen LogP contribution >= 0.6 is 11.3 Å². The van der Waals surface area contributed by atoms with Crippen molar-refractivity contribution in [3.63, 3.8) is 0 Å². The number of hydrogen-bond acceptors (Lipinski definition) is 10. The lowest BCUT2D eigenvalue weighted by atomic mass is 9.88. The highest BCUT2D eigenvalue weighted by Gasteiger charge is 2.42. The van der Waals surface area contributed by atoms with Gasteiger partial charge in [-0.3, -0.25) is 14.4 Å². The second kappa shape index (κ2) is 25.8. The minimum absolute atomic E-state index is 0.00633. The van der Waals surface area contributed by atoms with Gasteiger partial charge in [-0.15, -0.1) is 11.3 Å². The van der Waals surface area contributed by atoms with Crippen LogP contribution in [-0.4, -0.2) is 102 Å². The first-order valence-corrected chi connectivity index (χ1v) is 25.5. The van der Waals surface area contributed by atoms with Crippen LogP contribution in [0.15, 0.2) is 139 Å². The standard InChI is InChI=1S/C58H65N5O8S/c1-6-50(43-15-9-7-10-16-43)53(44-17-11-8-12-18-44)45-25-29-48(30-26-45)70-33-31-62(5)58(68)71-49-27-21-41(22-28-49)14-13-32-69-37-52(65)61-54(39(2)3)57(67)63-36-47(64)34-51(63)56(66)59-35-42-19-23-46(24-20-42)55-40(4)60-38-72-55/h7-12,15-30,38-39,47,51,54,64H,6,13-14,31-37H2,1-5H3,(H,59,66)(H,61,65)/b53-50-/t47-,51+,54+/m1/s1. The first-order valence-electron chi connectivity index (χ1n) is 24.6. The summed E-state index contributed by atoms with van der Waals surface area (Å²) in [6.07, 6.45) is 0.904. The first-order chi connectivity index (χ1) is 34.9. The van der Waals surface area contributed by atoms with Crippen molar-refractivity contribution in [1.82, 2.24) is 25.4 Å². The Labute approximate surface area is 426 Å². The highest BCUT2D eigenvalue weighted by atomic mass is 32.1. The number of thiazole rings is 1. The van der Waals surface area contributed by atoms with Gasteiger partial charge in [-0.25, -0.2) is 9.78 Å². The maximum atomic E-state index is 13.8. The molecule has 1 aliphatic heterocycles. The highest BCUT2D eigenvalue weighted by Crippen LogP contribution is 2.35. The van der Waals surface area contributed by atoms with Crippen LogP contribution in [0.4, 0.5) is 4.79 Å². The Morgan fingerprint density at radius 1 is 0.819 bits per heavy atom. The smallest absolute Gasteiger partial charge is 0.415 e. The number of likely N-dealkylation sites (N-methyl/N-ethyl adjacent to an activating group) is 1. The van der Waals surface area contributed by atoms with E-state index < -0.39 is 36.1 Å². The number of allylic oxidation sites excluding steroid dienone is 1. The number of likely N-dealkylation sites (tertiary alicyclic amines) is 1. The summed E-state index contributed by atoms with van der Waals surface area (Å²) in [4.78, 5) is 61.4. The Kier molecular flexibility index (Phi) is 18.9. The maximum absolute atomic E-state index is 13.8. The van der Waals surface area contributed by atoms with E-state index in [0.717, 1.165) is 44.8 Å². The first kappa shape index (κ1) is 52.7. The van der Waals surface area contributed by atoms with Crippen molar-refractivity contribution in [3.8, 4) is 21.9 Å². The number of aryl methyl sites for hydroxylation is 2. The fraction of sp³-hybridized carbons (Fsp3) is 0.328. The quantitative estimate of drug-likeness (QED) is 0.0445. The van der Waals surface area contributed by atoms with Crippen molar-refractivity contribution in [2.75, 3.05) is 40.0 Å². The molecule has 14 heteroatoms. The molecule has 5 aromatic carbocycles. The van der Waals surface area contributed by atoms with E-state index in [1.807, 2.05) is 86.9 Å². The van der Waals surface area contributed by atoms with Crippen LogP contribution in [0.1, 0.15) is 73.5 Å². The summed E-state index contributed by atoms with van der Waals surface area (Å²) < 4.78 is 17.3. The molecule has 3 N–H and O–H groups in total. The average Bonchev–Trinajstić information content (AvgIpc) is 4.02. The van der Waals surface area contributed by atoms with Gasteiger partial charge in [0.15, 0.2) is 0 Å². The Hall–Kier alpha value is -7.13. The average molecular weight is 992 g/mol. The molecule has 1 aromatic heterocycles. The second-order valence-electron chi connectivity index (χ2n) is 18.3. The molecule has 7 rings (SSSR count). The molecular formula is C58H65N5O8S. The summed E-state index contributed by atoms with van der Waals surface area (Å²) in [7, 11) is 1.67. The molecule has 376 valence electrons. The van der Waals surface area contributed by atoms with E-state index in [9.17, 15) is 24.3 Å². The van der Waals surface area contributed by atoms with Crippen LogP contribution in [0.25, 0.3) is 21.6 Å². The molecule has 4 amide bonds. The Morgan fingerprint density at radius 3 is 2.10 bits per heavy atom. The second-order valence-corrected chi connectivity index (χ2v) is 19.1. The zero-order chi connectivity index (χ0) is 51.0. The molecule has 3 atom stereocenters. The summed E-state index contributed by atoms with van der Waals surface area (Å²) >= 11 is 1.57. The van der Waals surface area contributed by atoms with Crippen molar-refractivity contribution in [2.24, 2.45) is 5.92 Å². The molecule has 6 aromatic rings. The lowest BCUT2D eigenvalue weighted by molar-refractivity contribution is -0.143. The van der Waals surface area contributed by atoms with E-state index in [1.165, 1.54) is 26.5 Å². The van der Waals surface area contributed by atoms with E-state index >= 15 is 0 Å². The number of carbonyl (C=O) groups is 4. The van der Waals surface area contributed by atoms with E-state index in [-0.39, 0.29) is 44.5 Å². The summed E-state index contributed by atoms with van der Waals surface area (Å²) in [6, 6.07) is 42.3. The van der Waals surface area contributed by atoms with E-state index in [2.05, 4.69) is 83.2 Å². The van der Waals surface area contributed by atoms with Gasteiger partial charge in [0.2, 0.25) is 17.7 Å². The molecular weight excluding hydrogens is 927 g/mol. The predicted octanol–water partition coefficient (Wildman–Crippen LogP) is 9.37. The molecule has 0 unspecified atom stereocenters. The predicted molar refractivity (Wildman–Crippen MR) is 282 cm³/mol. The third-order valence-electron chi connectivity index (χ3n) is 12.6. The Morgan fingerprint density at radius 2 is 1.46 bits per heavy atom. The number of ether oxygens (including phenoxy) is 3. The SMILES string of the molecule is CC/C(=C(\c1ccccc1)c1ccc(OCCN(C)C(=O)Oc2ccc(CCCOCC(=O)N[C@H](C(=O)N3C[C@H](O)C[C@H]3C(=O)NCc3ccc(-c4scnc4C)cc3)C(C)C)cc2)cc1)c1ccccc1.